The Morgan fingerprint density at radius 1 is 0.971 bits per heavy atom. The number of benzene rings is 1. The normalized spacial score (nSPS) is 18.7. The molecule has 0 N–H and O–H groups in total. The molecule has 21 heteroatoms. The van der Waals surface area contributed by atoms with Gasteiger partial charge in [-0.1, -0.05) is 27.1 Å². The molecule has 2 rings (SSSR count). The molecule has 1 aromatic carbocycles. The van der Waals surface area contributed by atoms with E-state index in [2.05, 4.69) is 62.5 Å². The average molecular weight is 727 g/mol. The predicted molar refractivity (Wildman–Crippen MR) is 179 cm³/mol. The summed E-state index contributed by atoms with van der Waals surface area (Å²) in [6.45, 7) is -2.88. The Kier molecular flexibility index (Phi) is 15.2. The molecule has 1 aliphatic rings. The quantitative estimate of drug-likeness (QED) is 0.233. The summed E-state index contributed by atoms with van der Waals surface area (Å²) in [4.78, 5) is 39.6. The molecule has 0 saturated carbocycles. The summed E-state index contributed by atoms with van der Waals surface area (Å²) in [5, 5.41) is 0. The largest absolute Gasteiger partial charge is 0.433 e. The summed E-state index contributed by atoms with van der Waals surface area (Å²) in [6, 6.07) is 6.49. The highest BCUT2D eigenvalue weighted by Gasteiger charge is 2.45. The second-order valence-electron chi connectivity index (χ2n) is 6.68. The first-order valence-corrected chi connectivity index (χ1v) is 33.6. The van der Waals surface area contributed by atoms with Crippen LogP contribution < -0.4 is 0 Å². The fourth-order valence-electron chi connectivity index (χ4n) is 2.85. The van der Waals surface area contributed by atoms with E-state index in [9.17, 15) is 22.8 Å². The van der Waals surface area contributed by atoms with Crippen molar-refractivity contribution in [2.45, 2.75) is 23.8 Å². The van der Waals surface area contributed by atoms with Crippen LogP contribution in [0.15, 0.2) is 35.2 Å². The van der Waals surface area contributed by atoms with Crippen LogP contribution in [0.25, 0.3) is 0 Å². The van der Waals surface area contributed by atoms with Gasteiger partial charge < -0.3 is 4.52 Å². The number of imide groups is 1. The minimum Gasteiger partial charge on any atom is -0.433 e. The number of sulfone groups is 1. The number of rotatable bonds is 10. The summed E-state index contributed by atoms with van der Waals surface area (Å²) in [5.74, 6) is -2.94. The number of hydrogen-bond donors (Lipinski definition) is 0. The van der Waals surface area contributed by atoms with E-state index in [0.29, 0.717) is 0 Å². The predicted octanol–water partition coefficient (Wildman–Crippen LogP) is 7.43. The molecule has 0 radical (unpaired) electrons. The topological polar surface area (TPSA) is 97.8 Å². The standard InChI is InChI=1S/C13H26NO6P13S/c15-11-7-6-10(14(11)12(16)8-34(18,19)9-4-2-1-3-5-9)13(17)20-28(32(27)29(21)22)33(30(23)24)31(25)26/h1-5,10H,6-8,21-27H2. The number of carbonyl (C=O) groups excluding carboxylic acids is 3. The first-order chi connectivity index (χ1) is 15.8. The molecule has 0 aromatic heterocycles. The highest BCUT2D eigenvalue weighted by molar-refractivity contribution is 9.19. The Hall–Kier alpha value is 3.37. The monoisotopic (exact) mass is 727 g/mol. The SMILES string of the molecule is O=C(OP(P(P)P(P)P)P(P(P)P)P(P)P)C1CCC(=O)N1C(=O)CS(=O)(=O)c1ccccc1. The molecular weight excluding hydrogens is 701 g/mol. The van der Waals surface area contributed by atoms with Crippen molar-refractivity contribution in [1.29, 1.82) is 0 Å². The van der Waals surface area contributed by atoms with Crippen molar-refractivity contribution in [3.63, 3.8) is 0 Å². The first kappa shape index (κ1) is 33.6. The van der Waals surface area contributed by atoms with Crippen LogP contribution in [-0.2, 0) is 28.7 Å². The maximum atomic E-state index is 13.3. The number of likely N-dealkylation sites (tertiary alicyclic amines) is 1. The Balaban J connectivity index is 2.27. The van der Waals surface area contributed by atoms with Gasteiger partial charge in [0.2, 0.25) is 11.8 Å². The molecule has 10 unspecified atom stereocenters. The molecule has 1 aliphatic heterocycles. The Morgan fingerprint density at radius 2 is 1.53 bits per heavy atom. The highest BCUT2D eigenvalue weighted by Crippen LogP contribution is 3.17. The third kappa shape index (κ3) is 9.21. The van der Waals surface area contributed by atoms with Crippen LogP contribution in [0.4, 0.5) is 0 Å². The lowest BCUT2D eigenvalue weighted by molar-refractivity contribution is -0.150. The van der Waals surface area contributed by atoms with Crippen LogP contribution in [0.2, 0.25) is 0 Å². The fraction of sp³-hybridized carbons (Fsp3) is 0.308. The van der Waals surface area contributed by atoms with Gasteiger partial charge in [0.25, 0.3) is 0 Å². The minimum atomic E-state index is -3.95. The van der Waals surface area contributed by atoms with E-state index in [-0.39, 0.29) is 17.7 Å². The van der Waals surface area contributed by atoms with Gasteiger partial charge in [0.15, 0.2) is 17.4 Å². The van der Waals surface area contributed by atoms with Crippen molar-refractivity contribution in [3.8, 4) is 0 Å². The van der Waals surface area contributed by atoms with Crippen molar-refractivity contribution in [2.75, 3.05) is 5.75 Å². The summed E-state index contributed by atoms with van der Waals surface area (Å²) in [6.07, 6.45) is 0.132. The van der Waals surface area contributed by atoms with E-state index in [1.165, 1.54) is 12.1 Å². The minimum absolute atomic E-state index is 0.000874. The van der Waals surface area contributed by atoms with E-state index in [1.807, 2.05) is 0 Å². The molecule has 2 amide bonds. The van der Waals surface area contributed by atoms with Crippen molar-refractivity contribution in [2.24, 2.45) is 0 Å². The second-order valence-corrected chi connectivity index (χ2v) is 57.4. The third-order valence-electron chi connectivity index (χ3n) is 4.32. The van der Waals surface area contributed by atoms with E-state index >= 15 is 0 Å². The number of carbonyl (C=O) groups is 3. The van der Waals surface area contributed by atoms with Gasteiger partial charge in [-0.3, -0.25) is 14.5 Å². The molecule has 10 atom stereocenters. The summed E-state index contributed by atoms with van der Waals surface area (Å²) in [5.41, 5.74) is 0. The van der Waals surface area contributed by atoms with Crippen molar-refractivity contribution < 1.29 is 27.3 Å². The van der Waals surface area contributed by atoms with Crippen LogP contribution in [-0.4, -0.2) is 42.9 Å². The molecule has 34 heavy (non-hydrogen) atoms. The first-order valence-electron chi connectivity index (χ1n) is 9.15. The summed E-state index contributed by atoms with van der Waals surface area (Å²) >= 11 is 0. The van der Waals surface area contributed by atoms with Gasteiger partial charge in [0, 0.05) is 20.4 Å². The fourth-order valence-corrected chi connectivity index (χ4v) is 99.2. The molecule has 1 aromatic rings. The van der Waals surface area contributed by atoms with E-state index < -0.39 is 81.9 Å². The maximum Gasteiger partial charge on any atom is 0.332 e. The molecule has 0 aliphatic carbocycles. The van der Waals surface area contributed by atoms with E-state index in [0.717, 1.165) is 4.90 Å². The lowest BCUT2D eigenvalue weighted by Crippen LogP contribution is -2.45. The van der Waals surface area contributed by atoms with Gasteiger partial charge in [-0.05, 0) is 39.5 Å². The van der Waals surface area contributed by atoms with Crippen molar-refractivity contribution in [3.05, 3.63) is 30.3 Å². The van der Waals surface area contributed by atoms with Gasteiger partial charge in [0.1, 0.15) is 11.8 Å². The van der Waals surface area contributed by atoms with Crippen molar-refractivity contribution >= 4 is 133 Å². The Labute approximate surface area is 223 Å². The molecule has 1 fully saturated rings. The lowest BCUT2D eigenvalue weighted by Gasteiger charge is -2.37. The molecule has 190 valence electrons. The average Bonchev–Trinajstić information content (AvgIpc) is 3.14. The molecular formula is C13H26NO6P13S. The van der Waals surface area contributed by atoms with Gasteiger partial charge in [-0.2, -0.15) is 0 Å². The number of amides is 2. The molecule has 7 nitrogen and oxygen atoms in total. The van der Waals surface area contributed by atoms with Crippen LogP contribution >= 0.6 is 105 Å². The maximum absolute atomic E-state index is 13.3. The van der Waals surface area contributed by atoms with Gasteiger partial charge in [-0.15, -0.1) is 53.6 Å². The van der Waals surface area contributed by atoms with Crippen LogP contribution in [0.5, 0.6) is 0 Å². The highest BCUT2D eigenvalue weighted by atomic mass is 33.2. The third-order valence-corrected chi connectivity index (χ3v) is 76.6. The number of hydrogen-bond acceptors (Lipinski definition) is 6. The second kappa shape index (κ2) is 15.4. The van der Waals surface area contributed by atoms with Crippen LogP contribution in [0.3, 0.4) is 0 Å². The van der Waals surface area contributed by atoms with Gasteiger partial charge >= 0.3 is 5.97 Å². The molecule has 1 heterocycles. The number of nitrogens with zero attached hydrogens (tertiary/aromatic N) is 1. The zero-order chi connectivity index (χ0) is 25.8. The summed E-state index contributed by atoms with van der Waals surface area (Å²) < 4.78 is 31.5. The molecule has 1 saturated heterocycles. The smallest absolute Gasteiger partial charge is 0.332 e. The van der Waals surface area contributed by atoms with Crippen LogP contribution in [0.1, 0.15) is 12.8 Å². The summed E-state index contributed by atoms with van der Waals surface area (Å²) in [7, 11) is 14.8. The molecule has 0 spiro atoms. The van der Waals surface area contributed by atoms with E-state index in [4.69, 9.17) is 4.52 Å². The molecule has 0 bridgehead atoms. The Morgan fingerprint density at radius 3 is 2.03 bits per heavy atom. The zero-order valence-corrected chi connectivity index (χ0v) is 31.9. The van der Waals surface area contributed by atoms with Gasteiger partial charge in [0.05, 0.1) is 4.90 Å². The van der Waals surface area contributed by atoms with E-state index in [1.54, 1.807) is 18.2 Å². The van der Waals surface area contributed by atoms with Gasteiger partial charge in [-0.25, -0.2) is 13.2 Å². The van der Waals surface area contributed by atoms with Crippen LogP contribution in [0, 0.1) is 0 Å². The zero-order valence-electron chi connectivity index (χ0n) is 17.6. The van der Waals surface area contributed by atoms with Crippen molar-refractivity contribution in [1.82, 2.24) is 4.90 Å². The Bertz CT molecular complexity index is 988. The lowest BCUT2D eigenvalue weighted by atomic mass is 10.2.